The van der Waals surface area contributed by atoms with Crippen LogP contribution in [0.2, 0.25) is 0 Å². The summed E-state index contributed by atoms with van der Waals surface area (Å²) in [6.45, 7) is 2.03. The molecule has 122 valence electrons. The number of halogens is 1. The Labute approximate surface area is 141 Å². The zero-order valence-electron chi connectivity index (χ0n) is 12.7. The summed E-state index contributed by atoms with van der Waals surface area (Å²) in [5, 5.41) is 2.91. The molecule has 1 N–H and O–H groups in total. The first-order valence-corrected chi connectivity index (χ1v) is 8.03. The van der Waals surface area contributed by atoms with Gasteiger partial charge < -0.3 is 4.74 Å². The maximum absolute atomic E-state index is 13.6. The molecule has 3 rings (SSSR count). The number of nitrogens with zero attached hydrogens (tertiary/aromatic N) is 1. The lowest BCUT2D eigenvalue weighted by Gasteiger charge is -2.02. The largest absolute Gasteiger partial charge is 0.462 e. The highest BCUT2D eigenvalue weighted by Crippen LogP contribution is 2.27. The van der Waals surface area contributed by atoms with Gasteiger partial charge in [-0.3, -0.25) is 10.1 Å². The topological polar surface area (TPSA) is 68.3 Å². The van der Waals surface area contributed by atoms with Crippen molar-refractivity contribution >= 4 is 38.6 Å². The number of thiazole rings is 1. The van der Waals surface area contributed by atoms with Gasteiger partial charge in [-0.1, -0.05) is 23.5 Å². The Kier molecular flexibility index (Phi) is 4.52. The van der Waals surface area contributed by atoms with E-state index in [1.165, 1.54) is 29.5 Å². The van der Waals surface area contributed by atoms with Crippen molar-refractivity contribution in [2.75, 3.05) is 11.9 Å². The number of amides is 1. The zero-order chi connectivity index (χ0) is 17.1. The molecule has 0 saturated heterocycles. The molecule has 1 amide bonds. The van der Waals surface area contributed by atoms with E-state index in [4.69, 9.17) is 4.74 Å². The lowest BCUT2D eigenvalue weighted by Crippen LogP contribution is -2.13. The third kappa shape index (κ3) is 3.26. The summed E-state index contributed by atoms with van der Waals surface area (Å²) in [7, 11) is 0. The third-order valence-electron chi connectivity index (χ3n) is 3.24. The molecule has 24 heavy (non-hydrogen) atoms. The normalized spacial score (nSPS) is 10.6. The molecule has 0 radical (unpaired) electrons. The molecular formula is C17H13FN2O3S. The van der Waals surface area contributed by atoms with Crippen molar-refractivity contribution in [1.82, 2.24) is 4.98 Å². The molecule has 0 unspecified atom stereocenters. The van der Waals surface area contributed by atoms with Crippen molar-refractivity contribution < 1.29 is 18.7 Å². The minimum absolute atomic E-state index is 0.0519. The van der Waals surface area contributed by atoms with E-state index in [2.05, 4.69) is 10.3 Å². The lowest BCUT2D eigenvalue weighted by atomic mass is 10.2. The van der Waals surface area contributed by atoms with Crippen LogP contribution in [0.25, 0.3) is 10.2 Å². The van der Waals surface area contributed by atoms with Gasteiger partial charge in [0.05, 0.1) is 28.0 Å². The van der Waals surface area contributed by atoms with E-state index < -0.39 is 17.7 Å². The summed E-state index contributed by atoms with van der Waals surface area (Å²) in [4.78, 5) is 28.1. The Hall–Kier alpha value is -2.80. The highest BCUT2D eigenvalue weighted by Gasteiger charge is 2.14. The predicted molar refractivity (Wildman–Crippen MR) is 89.9 cm³/mol. The highest BCUT2D eigenvalue weighted by molar-refractivity contribution is 7.22. The number of esters is 1. The molecule has 0 fully saturated rings. The summed E-state index contributed by atoms with van der Waals surface area (Å²) in [5.74, 6) is -1.58. The molecule has 7 heteroatoms. The van der Waals surface area contributed by atoms with Crippen LogP contribution in [0.1, 0.15) is 27.6 Å². The number of benzene rings is 2. The summed E-state index contributed by atoms with van der Waals surface area (Å²) in [6, 6.07) is 10.7. The van der Waals surface area contributed by atoms with Gasteiger partial charge >= 0.3 is 5.97 Å². The number of fused-ring (bicyclic) bond motifs is 1. The lowest BCUT2D eigenvalue weighted by molar-refractivity contribution is 0.0526. The van der Waals surface area contributed by atoms with Gasteiger partial charge in [-0.2, -0.15) is 0 Å². The van der Waals surface area contributed by atoms with E-state index in [0.717, 1.165) is 4.70 Å². The van der Waals surface area contributed by atoms with Crippen LogP contribution >= 0.6 is 11.3 Å². The monoisotopic (exact) mass is 344 g/mol. The molecule has 0 aliphatic heterocycles. The van der Waals surface area contributed by atoms with E-state index in [9.17, 15) is 14.0 Å². The molecule has 1 heterocycles. The molecular weight excluding hydrogens is 331 g/mol. The molecule has 0 aliphatic rings. The number of carbonyl (C=O) groups excluding carboxylic acids is 2. The molecule has 0 atom stereocenters. The van der Waals surface area contributed by atoms with Gasteiger partial charge in [-0.25, -0.2) is 14.2 Å². The standard InChI is InChI=1S/C17H13FN2O3S/c1-2-23-16(22)10-7-8-13-14(9-10)24-17(19-13)20-15(21)11-5-3-4-6-12(11)18/h3-9H,2H2,1H3,(H,19,20,21). The Bertz CT molecular complexity index is 923. The van der Waals surface area contributed by atoms with E-state index in [0.29, 0.717) is 22.8 Å². The van der Waals surface area contributed by atoms with Gasteiger partial charge in [0.15, 0.2) is 5.13 Å². The van der Waals surface area contributed by atoms with Crippen LogP contribution in [0.3, 0.4) is 0 Å². The van der Waals surface area contributed by atoms with Crippen molar-refractivity contribution in [1.29, 1.82) is 0 Å². The Morgan fingerprint density at radius 2 is 2.04 bits per heavy atom. The van der Waals surface area contributed by atoms with E-state index >= 15 is 0 Å². The van der Waals surface area contributed by atoms with E-state index in [1.807, 2.05) is 0 Å². The van der Waals surface area contributed by atoms with Gasteiger partial charge in [0, 0.05) is 0 Å². The van der Waals surface area contributed by atoms with Gasteiger partial charge in [0.25, 0.3) is 5.91 Å². The maximum atomic E-state index is 13.6. The van der Waals surface area contributed by atoms with Gasteiger partial charge in [-0.05, 0) is 37.3 Å². The molecule has 3 aromatic rings. The molecule has 0 spiro atoms. The van der Waals surface area contributed by atoms with Gasteiger partial charge in [0.2, 0.25) is 0 Å². The number of rotatable bonds is 4. The van der Waals surface area contributed by atoms with Crippen molar-refractivity contribution in [2.24, 2.45) is 0 Å². The number of hydrogen-bond acceptors (Lipinski definition) is 5. The number of carbonyl (C=O) groups is 2. The summed E-state index contributed by atoms with van der Waals surface area (Å²) in [6.07, 6.45) is 0. The summed E-state index contributed by atoms with van der Waals surface area (Å²) < 4.78 is 19.3. The number of hydrogen-bond donors (Lipinski definition) is 1. The molecule has 2 aromatic carbocycles. The van der Waals surface area contributed by atoms with Crippen molar-refractivity contribution in [3.63, 3.8) is 0 Å². The third-order valence-corrected chi connectivity index (χ3v) is 4.17. The van der Waals surface area contributed by atoms with Crippen LogP contribution in [0, 0.1) is 5.82 Å². The summed E-state index contributed by atoms with van der Waals surface area (Å²) >= 11 is 1.20. The van der Waals surface area contributed by atoms with Crippen LogP contribution in [0.5, 0.6) is 0 Å². The van der Waals surface area contributed by atoms with Gasteiger partial charge in [0.1, 0.15) is 5.82 Å². The Balaban J connectivity index is 1.84. The Morgan fingerprint density at radius 1 is 1.25 bits per heavy atom. The van der Waals surface area contributed by atoms with Crippen molar-refractivity contribution in [3.05, 3.63) is 59.4 Å². The van der Waals surface area contributed by atoms with Crippen LogP contribution in [-0.4, -0.2) is 23.5 Å². The first-order valence-electron chi connectivity index (χ1n) is 7.22. The van der Waals surface area contributed by atoms with Crippen LogP contribution in [0.15, 0.2) is 42.5 Å². The quantitative estimate of drug-likeness (QED) is 0.730. The fourth-order valence-electron chi connectivity index (χ4n) is 2.13. The smallest absolute Gasteiger partial charge is 0.338 e. The number of ether oxygens (including phenoxy) is 1. The van der Waals surface area contributed by atoms with Crippen LogP contribution < -0.4 is 5.32 Å². The summed E-state index contributed by atoms with van der Waals surface area (Å²) in [5.41, 5.74) is 1.00. The highest BCUT2D eigenvalue weighted by atomic mass is 32.1. The van der Waals surface area contributed by atoms with Crippen LogP contribution in [0.4, 0.5) is 9.52 Å². The Morgan fingerprint density at radius 3 is 2.79 bits per heavy atom. The van der Waals surface area contributed by atoms with E-state index in [-0.39, 0.29) is 5.56 Å². The molecule has 0 aliphatic carbocycles. The SMILES string of the molecule is CCOC(=O)c1ccc2nc(NC(=O)c3ccccc3F)sc2c1. The first-order chi connectivity index (χ1) is 11.6. The average Bonchev–Trinajstić information content (AvgIpc) is 2.96. The minimum Gasteiger partial charge on any atom is -0.462 e. The van der Waals surface area contributed by atoms with Crippen molar-refractivity contribution in [2.45, 2.75) is 6.92 Å². The zero-order valence-corrected chi connectivity index (χ0v) is 13.5. The molecule has 1 aromatic heterocycles. The first kappa shape index (κ1) is 16.1. The maximum Gasteiger partial charge on any atom is 0.338 e. The van der Waals surface area contributed by atoms with E-state index in [1.54, 1.807) is 31.2 Å². The molecule has 0 saturated carbocycles. The van der Waals surface area contributed by atoms with Crippen LogP contribution in [-0.2, 0) is 4.74 Å². The second-order valence-electron chi connectivity index (χ2n) is 4.86. The number of nitrogens with one attached hydrogen (secondary N) is 1. The molecule has 0 bridgehead atoms. The van der Waals surface area contributed by atoms with Crippen molar-refractivity contribution in [3.8, 4) is 0 Å². The number of anilines is 1. The minimum atomic E-state index is -0.597. The number of aromatic nitrogens is 1. The average molecular weight is 344 g/mol. The second kappa shape index (κ2) is 6.76. The predicted octanol–water partition coefficient (Wildman–Crippen LogP) is 3.86. The fourth-order valence-corrected chi connectivity index (χ4v) is 3.03. The fraction of sp³-hybridized carbons (Fsp3) is 0.118. The molecule has 5 nitrogen and oxygen atoms in total. The van der Waals surface area contributed by atoms with Gasteiger partial charge in [-0.15, -0.1) is 0 Å². The second-order valence-corrected chi connectivity index (χ2v) is 5.89.